The van der Waals surface area contributed by atoms with E-state index in [1.54, 1.807) is 6.20 Å². The fourth-order valence-electron chi connectivity index (χ4n) is 2.46. The number of halogens is 2. The summed E-state index contributed by atoms with van der Waals surface area (Å²) in [7, 11) is 3.98. The Hall–Kier alpha value is -0.290. The second-order valence-corrected chi connectivity index (χ2v) is 5.25. The van der Waals surface area contributed by atoms with Crippen molar-refractivity contribution in [2.75, 3.05) is 26.7 Å². The van der Waals surface area contributed by atoms with Crippen LogP contribution in [0, 0.1) is 5.92 Å². The largest absolute Gasteiger partial charge is 0.319 e. The van der Waals surface area contributed by atoms with Gasteiger partial charge in [-0.15, -0.1) is 12.4 Å². The van der Waals surface area contributed by atoms with Crippen LogP contribution in [0.5, 0.6) is 0 Å². The first-order chi connectivity index (χ1) is 8.20. The zero-order valence-corrected chi connectivity index (χ0v) is 12.6. The molecule has 0 unspecified atom stereocenters. The monoisotopic (exact) mass is 292 g/mol. The van der Waals surface area contributed by atoms with Crippen molar-refractivity contribution >= 4 is 24.0 Å². The molecule has 0 amide bonds. The molecule has 2 rings (SSSR count). The van der Waals surface area contributed by atoms with E-state index in [1.807, 2.05) is 18.8 Å². The molecular weight excluding hydrogens is 271 g/mol. The number of nitrogens with zero attached hydrogens (tertiary/aromatic N) is 3. The van der Waals surface area contributed by atoms with Crippen molar-refractivity contribution in [2.45, 2.75) is 19.4 Å². The lowest BCUT2D eigenvalue weighted by Crippen LogP contribution is -2.36. The zero-order valence-electron chi connectivity index (χ0n) is 11.0. The lowest BCUT2D eigenvalue weighted by Gasteiger charge is -2.31. The van der Waals surface area contributed by atoms with Crippen molar-refractivity contribution in [3.8, 4) is 0 Å². The molecule has 1 N–H and O–H groups in total. The Kier molecular flexibility index (Phi) is 6.43. The standard InChI is InChI=1S/C12H21ClN4.ClH/c1-14-7-10-3-5-17(6-4-10)9-12-11(13)8-15-16(12)2;/h8,10,14H,3-7,9H2,1-2H3;1H. The van der Waals surface area contributed by atoms with Crippen LogP contribution < -0.4 is 5.32 Å². The summed E-state index contributed by atoms with van der Waals surface area (Å²) in [4.78, 5) is 2.47. The topological polar surface area (TPSA) is 33.1 Å². The summed E-state index contributed by atoms with van der Waals surface area (Å²) >= 11 is 6.12. The third-order valence-corrected chi connectivity index (χ3v) is 3.90. The molecule has 1 aliphatic rings. The van der Waals surface area contributed by atoms with Crippen molar-refractivity contribution < 1.29 is 0 Å². The number of aryl methyl sites for hydroxylation is 1. The van der Waals surface area contributed by atoms with E-state index in [-0.39, 0.29) is 12.4 Å². The maximum atomic E-state index is 6.12. The molecule has 0 atom stereocenters. The van der Waals surface area contributed by atoms with Crippen molar-refractivity contribution in [3.63, 3.8) is 0 Å². The summed E-state index contributed by atoms with van der Waals surface area (Å²) in [6.07, 6.45) is 4.28. The fraction of sp³-hybridized carbons (Fsp3) is 0.750. The molecule has 1 aromatic rings. The van der Waals surface area contributed by atoms with E-state index < -0.39 is 0 Å². The van der Waals surface area contributed by atoms with Crippen LogP contribution in [0.3, 0.4) is 0 Å². The molecule has 0 radical (unpaired) electrons. The first kappa shape index (κ1) is 15.8. The molecule has 1 fully saturated rings. The van der Waals surface area contributed by atoms with Crippen molar-refractivity contribution in [2.24, 2.45) is 13.0 Å². The van der Waals surface area contributed by atoms with E-state index in [9.17, 15) is 0 Å². The normalized spacial score (nSPS) is 17.7. The number of aromatic nitrogens is 2. The van der Waals surface area contributed by atoms with E-state index in [0.717, 1.165) is 42.8 Å². The average molecular weight is 293 g/mol. The molecule has 0 aliphatic carbocycles. The van der Waals surface area contributed by atoms with Gasteiger partial charge in [-0.25, -0.2) is 0 Å². The van der Waals surface area contributed by atoms with Gasteiger partial charge in [0.15, 0.2) is 0 Å². The Labute approximate surface area is 120 Å². The zero-order chi connectivity index (χ0) is 12.3. The van der Waals surface area contributed by atoms with Crippen LogP contribution >= 0.6 is 24.0 Å². The highest BCUT2D eigenvalue weighted by Gasteiger charge is 2.20. The van der Waals surface area contributed by atoms with Crippen LogP contribution in [-0.4, -0.2) is 41.4 Å². The van der Waals surface area contributed by atoms with Gasteiger partial charge in [-0.05, 0) is 45.4 Å². The summed E-state index contributed by atoms with van der Waals surface area (Å²) in [6, 6.07) is 0. The molecule has 4 nitrogen and oxygen atoms in total. The highest BCUT2D eigenvalue weighted by atomic mass is 35.5. The second-order valence-electron chi connectivity index (χ2n) is 4.84. The highest BCUT2D eigenvalue weighted by Crippen LogP contribution is 2.21. The number of nitrogens with one attached hydrogen (secondary N) is 1. The third-order valence-electron chi connectivity index (χ3n) is 3.58. The third kappa shape index (κ3) is 3.85. The average Bonchev–Trinajstić information content (AvgIpc) is 2.64. The van der Waals surface area contributed by atoms with Gasteiger partial charge >= 0.3 is 0 Å². The van der Waals surface area contributed by atoms with Crippen molar-refractivity contribution in [1.29, 1.82) is 0 Å². The molecule has 6 heteroatoms. The minimum Gasteiger partial charge on any atom is -0.319 e. The van der Waals surface area contributed by atoms with Gasteiger partial charge in [0.05, 0.1) is 16.9 Å². The van der Waals surface area contributed by atoms with Crippen LogP contribution in [0.4, 0.5) is 0 Å². The van der Waals surface area contributed by atoms with E-state index in [2.05, 4.69) is 15.3 Å². The lowest BCUT2D eigenvalue weighted by molar-refractivity contribution is 0.173. The number of hydrogen-bond donors (Lipinski definition) is 1. The minimum atomic E-state index is 0. The first-order valence-corrected chi connectivity index (χ1v) is 6.62. The number of piperidine rings is 1. The van der Waals surface area contributed by atoms with Crippen LogP contribution in [0.2, 0.25) is 5.02 Å². The molecule has 0 aromatic carbocycles. The number of likely N-dealkylation sites (tertiary alicyclic amines) is 1. The molecule has 18 heavy (non-hydrogen) atoms. The van der Waals surface area contributed by atoms with E-state index in [4.69, 9.17) is 11.6 Å². The molecule has 1 aliphatic heterocycles. The SMILES string of the molecule is CNCC1CCN(Cc2c(Cl)cnn2C)CC1.Cl. The summed E-state index contributed by atoms with van der Waals surface area (Å²) in [5.74, 6) is 0.832. The molecule has 0 bridgehead atoms. The Morgan fingerprint density at radius 3 is 2.61 bits per heavy atom. The van der Waals surface area contributed by atoms with Gasteiger partial charge < -0.3 is 5.32 Å². The quantitative estimate of drug-likeness (QED) is 0.921. The molecule has 0 spiro atoms. The van der Waals surface area contributed by atoms with Gasteiger partial charge in [0, 0.05) is 13.6 Å². The summed E-state index contributed by atoms with van der Waals surface area (Å²) in [5.41, 5.74) is 1.12. The van der Waals surface area contributed by atoms with Gasteiger partial charge in [-0.2, -0.15) is 5.10 Å². The van der Waals surface area contributed by atoms with Crippen molar-refractivity contribution in [3.05, 3.63) is 16.9 Å². The Morgan fingerprint density at radius 1 is 1.44 bits per heavy atom. The molecule has 0 saturated carbocycles. The first-order valence-electron chi connectivity index (χ1n) is 6.24. The van der Waals surface area contributed by atoms with Crippen LogP contribution in [0.15, 0.2) is 6.20 Å². The van der Waals surface area contributed by atoms with Gasteiger partial charge in [0.2, 0.25) is 0 Å². The molecule has 1 aromatic heterocycles. The summed E-state index contributed by atoms with van der Waals surface area (Å²) in [5, 5.41) is 8.22. The van der Waals surface area contributed by atoms with Gasteiger partial charge in [0.1, 0.15) is 0 Å². The Bertz CT molecular complexity index is 339. The smallest absolute Gasteiger partial charge is 0.0831 e. The predicted molar refractivity (Wildman–Crippen MR) is 77.4 cm³/mol. The van der Waals surface area contributed by atoms with Crippen molar-refractivity contribution in [1.82, 2.24) is 20.0 Å². The maximum absolute atomic E-state index is 6.12. The van der Waals surface area contributed by atoms with E-state index >= 15 is 0 Å². The summed E-state index contributed by atoms with van der Waals surface area (Å²) in [6.45, 7) is 4.38. The van der Waals surface area contributed by atoms with Gasteiger partial charge in [0.25, 0.3) is 0 Å². The number of rotatable bonds is 4. The Morgan fingerprint density at radius 2 is 2.11 bits per heavy atom. The second kappa shape index (κ2) is 7.34. The maximum Gasteiger partial charge on any atom is 0.0831 e. The fourth-order valence-corrected chi connectivity index (χ4v) is 2.69. The molecular formula is C12H22Cl2N4. The minimum absolute atomic E-state index is 0. The molecule has 2 heterocycles. The lowest BCUT2D eigenvalue weighted by atomic mass is 9.97. The van der Waals surface area contributed by atoms with Gasteiger partial charge in [-0.3, -0.25) is 9.58 Å². The van der Waals surface area contributed by atoms with E-state index in [1.165, 1.54) is 12.8 Å². The van der Waals surface area contributed by atoms with Crippen LogP contribution in [-0.2, 0) is 13.6 Å². The van der Waals surface area contributed by atoms with Crippen LogP contribution in [0.1, 0.15) is 18.5 Å². The van der Waals surface area contributed by atoms with E-state index in [0.29, 0.717) is 0 Å². The Balaban J connectivity index is 0.00000162. The predicted octanol–water partition coefficient (Wildman–Crippen LogP) is 1.93. The highest BCUT2D eigenvalue weighted by molar-refractivity contribution is 6.31. The molecule has 1 saturated heterocycles. The van der Waals surface area contributed by atoms with Crippen LogP contribution in [0.25, 0.3) is 0 Å². The summed E-state index contributed by atoms with van der Waals surface area (Å²) < 4.78 is 1.88. The number of hydrogen-bond acceptors (Lipinski definition) is 3. The van der Waals surface area contributed by atoms with Gasteiger partial charge in [-0.1, -0.05) is 11.6 Å². The molecule has 104 valence electrons.